The van der Waals surface area contributed by atoms with Gasteiger partial charge in [0.15, 0.2) is 0 Å². The van der Waals surface area contributed by atoms with Gasteiger partial charge in [-0.1, -0.05) is 0 Å². The number of likely N-dealkylation sites (tertiary alicyclic amines) is 1. The van der Waals surface area contributed by atoms with Gasteiger partial charge < -0.3 is 15.3 Å². The highest BCUT2D eigenvalue weighted by Gasteiger charge is 2.29. The summed E-state index contributed by atoms with van der Waals surface area (Å²) in [5, 5.41) is 12.6. The van der Waals surface area contributed by atoms with Crippen molar-refractivity contribution in [3.05, 3.63) is 0 Å². The van der Waals surface area contributed by atoms with Crippen molar-refractivity contribution in [2.75, 3.05) is 31.2 Å². The largest absolute Gasteiger partial charge is 0.394 e. The number of aliphatic hydroxyl groups excluding tert-OH is 1. The van der Waals surface area contributed by atoms with E-state index in [2.05, 4.69) is 5.32 Å². The van der Waals surface area contributed by atoms with E-state index in [1.54, 1.807) is 0 Å². The Morgan fingerprint density at radius 3 is 3.12 bits per heavy atom. The molecule has 2 saturated heterocycles. The average Bonchev–Trinajstić information content (AvgIpc) is 2.78. The molecular formula is C11H20N2O2S. The predicted octanol–water partition coefficient (Wildman–Crippen LogP) is 0.0648. The van der Waals surface area contributed by atoms with E-state index in [-0.39, 0.29) is 18.6 Å². The molecule has 2 N–H and O–H groups in total. The highest BCUT2D eigenvalue weighted by Crippen LogP contribution is 2.19. The standard InChI is InChI=1S/C11H20N2O2S/c14-7-10-2-1-4-13(10)11(15)6-9-8-16-5-3-12-9/h9-10,12,14H,1-8H2. The summed E-state index contributed by atoms with van der Waals surface area (Å²) in [6.07, 6.45) is 2.57. The summed E-state index contributed by atoms with van der Waals surface area (Å²) in [6, 6.07) is 0.398. The second-order valence-electron chi connectivity index (χ2n) is 4.50. The topological polar surface area (TPSA) is 52.6 Å². The Morgan fingerprint density at radius 2 is 2.44 bits per heavy atom. The summed E-state index contributed by atoms with van der Waals surface area (Å²) < 4.78 is 0. The number of nitrogens with zero attached hydrogens (tertiary/aromatic N) is 1. The number of carbonyl (C=O) groups excluding carboxylic acids is 1. The van der Waals surface area contributed by atoms with Crippen LogP contribution >= 0.6 is 11.8 Å². The Balaban J connectivity index is 1.82. The first-order valence-electron chi connectivity index (χ1n) is 6.02. The van der Waals surface area contributed by atoms with Crippen molar-refractivity contribution < 1.29 is 9.90 Å². The number of hydrogen-bond donors (Lipinski definition) is 2. The van der Waals surface area contributed by atoms with Crippen LogP contribution in [0.25, 0.3) is 0 Å². The number of nitrogens with one attached hydrogen (secondary N) is 1. The van der Waals surface area contributed by atoms with Crippen molar-refractivity contribution >= 4 is 17.7 Å². The summed E-state index contributed by atoms with van der Waals surface area (Å²) in [5.41, 5.74) is 0. The first-order valence-corrected chi connectivity index (χ1v) is 7.18. The minimum Gasteiger partial charge on any atom is -0.394 e. The van der Waals surface area contributed by atoms with E-state index >= 15 is 0 Å². The third-order valence-corrected chi connectivity index (χ3v) is 4.46. The predicted molar refractivity (Wildman–Crippen MR) is 65.6 cm³/mol. The van der Waals surface area contributed by atoms with Crippen LogP contribution in [0.2, 0.25) is 0 Å². The van der Waals surface area contributed by atoms with Gasteiger partial charge in [-0.2, -0.15) is 11.8 Å². The van der Waals surface area contributed by atoms with Crippen molar-refractivity contribution in [1.29, 1.82) is 0 Å². The van der Waals surface area contributed by atoms with E-state index in [0.29, 0.717) is 12.5 Å². The summed E-state index contributed by atoms with van der Waals surface area (Å²) in [5.74, 6) is 2.38. The average molecular weight is 244 g/mol. The Bertz CT molecular complexity index is 244. The van der Waals surface area contributed by atoms with Crippen LogP contribution in [-0.4, -0.2) is 59.2 Å². The molecule has 2 atom stereocenters. The molecule has 16 heavy (non-hydrogen) atoms. The molecule has 0 bridgehead atoms. The number of hydrogen-bond acceptors (Lipinski definition) is 4. The molecule has 2 rings (SSSR count). The van der Waals surface area contributed by atoms with Crippen LogP contribution in [0.5, 0.6) is 0 Å². The summed E-state index contributed by atoms with van der Waals surface area (Å²) in [4.78, 5) is 13.9. The Kier molecular flexibility index (Phi) is 4.49. The molecule has 0 aromatic rings. The molecule has 92 valence electrons. The minimum absolute atomic E-state index is 0.0729. The highest BCUT2D eigenvalue weighted by atomic mass is 32.2. The van der Waals surface area contributed by atoms with E-state index in [4.69, 9.17) is 0 Å². The number of rotatable bonds is 3. The molecule has 2 unspecified atom stereocenters. The van der Waals surface area contributed by atoms with Gasteiger partial charge in [0.1, 0.15) is 0 Å². The SMILES string of the molecule is O=C(CC1CSCCN1)N1CCCC1CO. The Labute approximate surface area is 101 Å². The summed E-state index contributed by atoms with van der Waals surface area (Å²) in [7, 11) is 0. The normalized spacial score (nSPS) is 30.7. The molecule has 2 aliphatic rings. The maximum Gasteiger partial charge on any atom is 0.224 e. The van der Waals surface area contributed by atoms with Gasteiger partial charge in [-0.15, -0.1) is 0 Å². The summed E-state index contributed by atoms with van der Waals surface area (Å²) >= 11 is 1.91. The zero-order valence-corrected chi connectivity index (χ0v) is 10.3. The zero-order valence-electron chi connectivity index (χ0n) is 9.52. The number of amides is 1. The second kappa shape index (κ2) is 5.89. The molecule has 5 heteroatoms. The fourth-order valence-electron chi connectivity index (χ4n) is 2.43. The highest BCUT2D eigenvalue weighted by molar-refractivity contribution is 7.99. The number of carbonyl (C=O) groups is 1. The molecule has 4 nitrogen and oxygen atoms in total. The molecule has 0 aromatic carbocycles. The van der Waals surface area contributed by atoms with E-state index in [1.165, 1.54) is 0 Å². The van der Waals surface area contributed by atoms with E-state index in [0.717, 1.165) is 37.4 Å². The smallest absolute Gasteiger partial charge is 0.224 e. The monoisotopic (exact) mass is 244 g/mol. The van der Waals surface area contributed by atoms with Crippen LogP contribution in [0, 0.1) is 0 Å². The molecule has 0 radical (unpaired) electrons. The number of aliphatic hydroxyl groups is 1. The fraction of sp³-hybridized carbons (Fsp3) is 0.909. The first-order chi connectivity index (χ1) is 7.81. The third kappa shape index (κ3) is 2.90. The molecule has 0 spiro atoms. The zero-order chi connectivity index (χ0) is 11.4. The Hall–Kier alpha value is -0.260. The van der Waals surface area contributed by atoms with E-state index in [9.17, 15) is 9.90 Å². The van der Waals surface area contributed by atoms with Crippen LogP contribution < -0.4 is 5.32 Å². The van der Waals surface area contributed by atoms with Gasteiger partial charge in [0.05, 0.1) is 12.6 Å². The lowest BCUT2D eigenvalue weighted by Crippen LogP contribution is -2.44. The van der Waals surface area contributed by atoms with Gasteiger partial charge in [0.25, 0.3) is 0 Å². The Morgan fingerprint density at radius 1 is 1.56 bits per heavy atom. The quantitative estimate of drug-likeness (QED) is 0.737. The van der Waals surface area contributed by atoms with Crippen molar-refractivity contribution in [1.82, 2.24) is 10.2 Å². The van der Waals surface area contributed by atoms with Crippen LogP contribution in [0.1, 0.15) is 19.3 Å². The third-order valence-electron chi connectivity index (χ3n) is 3.33. The molecule has 0 aliphatic carbocycles. The van der Waals surface area contributed by atoms with Crippen molar-refractivity contribution in [2.24, 2.45) is 0 Å². The van der Waals surface area contributed by atoms with Crippen molar-refractivity contribution in [3.8, 4) is 0 Å². The van der Waals surface area contributed by atoms with Gasteiger partial charge in [-0.3, -0.25) is 4.79 Å². The molecule has 0 aromatic heterocycles. The first kappa shape index (κ1) is 12.2. The van der Waals surface area contributed by atoms with Gasteiger partial charge in [-0.05, 0) is 12.8 Å². The molecular weight excluding hydrogens is 224 g/mol. The maximum atomic E-state index is 12.0. The van der Waals surface area contributed by atoms with Crippen LogP contribution in [-0.2, 0) is 4.79 Å². The fourth-order valence-corrected chi connectivity index (χ4v) is 3.38. The molecule has 1 amide bonds. The minimum atomic E-state index is 0.0729. The lowest BCUT2D eigenvalue weighted by Gasteiger charge is -2.27. The van der Waals surface area contributed by atoms with Gasteiger partial charge in [0, 0.05) is 37.1 Å². The lowest BCUT2D eigenvalue weighted by atomic mass is 10.2. The van der Waals surface area contributed by atoms with Gasteiger partial charge >= 0.3 is 0 Å². The molecule has 2 fully saturated rings. The second-order valence-corrected chi connectivity index (χ2v) is 5.65. The molecule has 2 aliphatic heterocycles. The molecule has 0 saturated carbocycles. The van der Waals surface area contributed by atoms with Crippen LogP contribution in [0.3, 0.4) is 0 Å². The van der Waals surface area contributed by atoms with Gasteiger partial charge in [0.2, 0.25) is 5.91 Å². The van der Waals surface area contributed by atoms with E-state index < -0.39 is 0 Å². The lowest BCUT2D eigenvalue weighted by molar-refractivity contribution is -0.133. The summed E-state index contributed by atoms with van der Waals surface area (Å²) in [6.45, 7) is 1.94. The van der Waals surface area contributed by atoms with Crippen molar-refractivity contribution in [3.63, 3.8) is 0 Å². The van der Waals surface area contributed by atoms with Crippen molar-refractivity contribution in [2.45, 2.75) is 31.3 Å². The maximum absolute atomic E-state index is 12.0. The van der Waals surface area contributed by atoms with Crippen LogP contribution in [0.15, 0.2) is 0 Å². The van der Waals surface area contributed by atoms with Gasteiger partial charge in [-0.25, -0.2) is 0 Å². The van der Waals surface area contributed by atoms with Crippen LogP contribution in [0.4, 0.5) is 0 Å². The molecule has 2 heterocycles. The number of thioether (sulfide) groups is 1. The van der Waals surface area contributed by atoms with E-state index in [1.807, 2.05) is 16.7 Å².